The molecule has 0 amide bonds. The highest BCUT2D eigenvalue weighted by Crippen LogP contribution is 2.16. The molecule has 0 aliphatic carbocycles. The number of carbonyl (C=O) groups is 2. The van der Waals surface area contributed by atoms with Gasteiger partial charge < -0.3 is 4.74 Å². The molecule has 0 saturated heterocycles. The summed E-state index contributed by atoms with van der Waals surface area (Å²) in [5.41, 5.74) is 0.666. The van der Waals surface area contributed by atoms with E-state index in [9.17, 15) is 9.59 Å². The monoisotopic (exact) mass is 308 g/mol. The smallest absolute Gasteiger partial charge is 0.340 e. The van der Waals surface area contributed by atoms with Gasteiger partial charge in [0, 0.05) is 10.6 Å². The highest BCUT2D eigenvalue weighted by molar-refractivity contribution is 6.33. The lowest BCUT2D eigenvalue weighted by atomic mass is 10.1. The molecule has 0 aromatic heterocycles. The lowest BCUT2D eigenvalue weighted by Crippen LogP contribution is -2.14. The first-order valence-corrected chi connectivity index (χ1v) is 6.54. The molecule has 0 bridgehead atoms. The Morgan fingerprint density at radius 2 is 1.60 bits per heavy atom. The Hall–Kier alpha value is -1.84. The fraction of sp³-hybridized carbons (Fsp3) is 0.0667. The van der Waals surface area contributed by atoms with Crippen LogP contribution in [0.15, 0.2) is 48.5 Å². The van der Waals surface area contributed by atoms with Crippen LogP contribution in [-0.2, 0) is 4.74 Å². The third kappa shape index (κ3) is 3.59. The van der Waals surface area contributed by atoms with Crippen LogP contribution in [0.5, 0.6) is 0 Å². The van der Waals surface area contributed by atoms with Gasteiger partial charge >= 0.3 is 5.97 Å². The molecule has 0 fully saturated rings. The summed E-state index contributed by atoms with van der Waals surface area (Å²) in [6.45, 7) is -0.342. The molecule has 5 heteroatoms. The SMILES string of the molecule is O=C(COC(=O)c1ccccc1Cl)c1ccc(Cl)cc1. The van der Waals surface area contributed by atoms with Crippen molar-refractivity contribution in [2.75, 3.05) is 6.61 Å². The van der Waals surface area contributed by atoms with Gasteiger partial charge in [0.1, 0.15) is 0 Å². The number of ether oxygens (including phenoxy) is 1. The van der Waals surface area contributed by atoms with E-state index in [4.69, 9.17) is 27.9 Å². The fourth-order valence-corrected chi connectivity index (χ4v) is 1.89. The molecule has 0 aliphatic heterocycles. The molecule has 0 atom stereocenters. The summed E-state index contributed by atoms with van der Waals surface area (Å²) >= 11 is 11.6. The molecule has 2 rings (SSSR count). The molecule has 0 saturated carbocycles. The van der Waals surface area contributed by atoms with Crippen molar-refractivity contribution in [1.82, 2.24) is 0 Å². The van der Waals surface area contributed by atoms with Crippen molar-refractivity contribution in [3.63, 3.8) is 0 Å². The lowest BCUT2D eigenvalue weighted by Gasteiger charge is -2.05. The highest BCUT2D eigenvalue weighted by Gasteiger charge is 2.14. The number of ketones is 1. The first kappa shape index (κ1) is 14.6. The van der Waals surface area contributed by atoms with Crippen LogP contribution in [0, 0.1) is 0 Å². The summed E-state index contributed by atoms with van der Waals surface area (Å²) in [6, 6.07) is 12.9. The summed E-state index contributed by atoms with van der Waals surface area (Å²) < 4.78 is 4.95. The maximum absolute atomic E-state index is 11.8. The van der Waals surface area contributed by atoms with E-state index in [0.29, 0.717) is 10.6 Å². The van der Waals surface area contributed by atoms with Crippen LogP contribution in [-0.4, -0.2) is 18.4 Å². The zero-order valence-corrected chi connectivity index (χ0v) is 11.8. The summed E-state index contributed by atoms with van der Waals surface area (Å²) in [6.07, 6.45) is 0. The molecule has 0 heterocycles. The Kier molecular flexibility index (Phi) is 4.77. The predicted molar refractivity (Wildman–Crippen MR) is 77.5 cm³/mol. The van der Waals surface area contributed by atoms with Crippen molar-refractivity contribution in [3.05, 3.63) is 69.7 Å². The molecule has 3 nitrogen and oxygen atoms in total. The Labute approximate surface area is 126 Å². The van der Waals surface area contributed by atoms with E-state index in [-0.39, 0.29) is 23.0 Å². The molecule has 2 aromatic rings. The number of esters is 1. The van der Waals surface area contributed by atoms with Crippen molar-refractivity contribution in [1.29, 1.82) is 0 Å². The van der Waals surface area contributed by atoms with Gasteiger partial charge in [0.25, 0.3) is 0 Å². The number of hydrogen-bond acceptors (Lipinski definition) is 3. The van der Waals surface area contributed by atoms with Crippen LogP contribution in [0.3, 0.4) is 0 Å². The van der Waals surface area contributed by atoms with E-state index < -0.39 is 5.97 Å². The van der Waals surface area contributed by atoms with Crippen molar-refractivity contribution in [2.24, 2.45) is 0 Å². The second-order valence-corrected chi connectivity index (χ2v) is 4.83. The van der Waals surface area contributed by atoms with E-state index in [1.54, 1.807) is 42.5 Å². The van der Waals surface area contributed by atoms with Crippen LogP contribution >= 0.6 is 23.2 Å². The van der Waals surface area contributed by atoms with E-state index in [2.05, 4.69) is 0 Å². The van der Waals surface area contributed by atoms with E-state index in [1.165, 1.54) is 6.07 Å². The normalized spacial score (nSPS) is 10.1. The number of hydrogen-bond donors (Lipinski definition) is 0. The summed E-state index contributed by atoms with van der Waals surface area (Å²) in [7, 11) is 0. The number of Topliss-reactive ketones (excluding diaryl/α,β-unsaturated/α-hetero) is 1. The molecule has 0 radical (unpaired) electrons. The molecule has 0 spiro atoms. The van der Waals surface area contributed by atoms with Gasteiger partial charge in [-0.25, -0.2) is 4.79 Å². The minimum atomic E-state index is -0.627. The molecule has 102 valence electrons. The van der Waals surface area contributed by atoms with Crippen molar-refractivity contribution in [3.8, 4) is 0 Å². The maximum Gasteiger partial charge on any atom is 0.340 e. The molecular formula is C15H10Cl2O3. The van der Waals surface area contributed by atoms with Gasteiger partial charge in [-0.1, -0.05) is 35.3 Å². The number of halogens is 2. The van der Waals surface area contributed by atoms with Gasteiger partial charge in [-0.3, -0.25) is 4.79 Å². The first-order valence-electron chi connectivity index (χ1n) is 5.78. The first-order chi connectivity index (χ1) is 9.58. The topological polar surface area (TPSA) is 43.4 Å². The Bertz CT molecular complexity index is 636. The van der Waals surface area contributed by atoms with Crippen LogP contribution < -0.4 is 0 Å². The quantitative estimate of drug-likeness (QED) is 0.632. The Morgan fingerprint density at radius 3 is 2.25 bits per heavy atom. The zero-order chi connectivity index (χ0) is 14.5. The largest absolute Gasteiger partial charge is 0.454 e. The van der Waals surface area contributed by atoms with Crippen LogP contribution in [0.4, 0.5) is 0 Å². The molecule has 0 unspecified atom stereocenters. The molecule has 0 N–H and O–H groups in total. The van der Waals surface area contributed by atoms with Crippen molar-refractivity contribution in [2.45, 2.75) is 0 Å². The highest BCUT2D eigenvalue weighted by atomic mass is 35.5. The number of benzene rings is 2. The standard InChI is InChI=1S/C15H10Cl2O3/c16-11-7-5-10(6-8-11)14(18)9-20-15(19)12-3-1-2-4-13(12)17/h1-8H,9H2. The fourth-order valence-electron chi connectivity index (χ4n) is 1.55. The van der Waals surface area contributed by atoms with Gasteiger partial charge in [-0.05, 0) is 36.4 Å². The van der Waals surface area contributed by atoms with Gasteiger partial charge in [0.05, 0.1) is 10.6 Å². The second-order valence-electron chi connectivity index (χ2n) is 3.99. The van der Waals surface area contributed by atoms with Crippen LogP contribution in [0.25, 0.3) is 0 Å². The summed E-state index contributed by atoms with van der Waals surface area (Å²) in [4.78, 5) is 23.6. The molecule has 20 heavy (non-hydrogen) atoms. The zero-order valence-electron chi connectivity index (χ0n) is 10.3. The average molecular weight is 309 g/mol. The van der Waals surface area contributed by atoms with Crippen LogP contribution in [0.1, 0.15) is 20.7 Å². The third-order valence-electron chi connectivity index (χ3n) is 2.59. The summed E-state index contributed by atoms with van der Waals surface area (Å²) in [5.74, 6) is -0.931. The lowest BCUT2D eigenvalue weighted by molar-refractivity contribution is 0.0475. The Balaban J connectivity index is 1.99. The average Bonchev–Trinajstić information content (AvgIpc) is 2.45. The van der Waals surface area contributed by atoms with Gasteiger partial charge in [-0.15, -0.1) is 0 Å². The van der Waals surface area contributed by atoms with E-state index in [1.807, 2.05) is 0 Å². The van der Waals surface area contributed by atoms with E-state index in [0.717, 1.165) is 0 Å². The second kappa shape index (κ2) is 6.55. The minimum Gasteiger partial charge on any atom is -0.454 e. The van der Waals surface area contributed by atoms with Gasteiger partial charge in [0.15, 0.2) is 12.4 Å². The van der Waals surface area contributed by atoms with Crippen molar-refractivity contribution >= 4 is 35.0 Å². The minimum absolute atomic E-state index is 0.234. The Morgan fingerprint density at radius 1 is 0.950 bits per heavy atom. The van der Waals surface area contributed by atoms with Gasteiger partial charge in [0.2, 0.25) is 0 Å². The van der Waals surface area contributed by atoms with Gasteiger partial charge in [-0.2, -0.15) is 0 Å². The van der Waals surface area contributed by atoms with Crippen LogP contribution in [0.2, 0.25) is 10.0 Å². The maximum atomic E-state index is 11.8. The summed E-state index contributed by atoms with van der Waals surface area (Å²) in [5, 5.41) is 0.825. The van der Waals surface area contributed by atoms with E-state index >= 15 is 0 Å². The predicted octanol–water partition coefficient (Wildman–Crippen LogP) is 4.03. The van der Waals surface area contributed by atoms with Crippen molar-refractivity contribution < 1.29 is 14.3 Å². The molecule has 0 aliphatic rings. The number of rotatable bonds is 4. The molecular weight excluding hydrogens is 299 g/mol. The number of carbonyl (C=O) groups excluding carboxylic acids is 2. The third-order valence-corrected chi connectivity index (χ3v) is 3.18. The molecule has 2 aromatic carbocycles.